The fourth-order valence-electron chi connectivity index (χ4n) is 2.02. The predicted molar refractivity (Wildman–Crippen MR) is 85.5 cm³/mol. The Labute approximate surface area is 136 Å². The number of alkyl halides is 3. The second kappa shape index (κ2) is 6.17. The summed E-state index contributed by atoms with van der Waals surface area (Å²) >= 11 is 0. The first-order valence-corrected chi connectivity index (χ1v) is 7.94. The van der Waals surface area contributed by atoms with Crippen molar-refractivity contribution in [1.82, 2.24) is 0 Å². The number of benzene rings is 2. The van der Waals surface area contributed by atoms with Crippen molar-refractivity contribution >= 4 is 33.6 Å². The number of nitrogen functional groups attached to an aromatic ring is 2. The molecule has 0 aliphatic heterocycles. The van der Waals surface area contributed by atoms with Crippen LogP contribution in [-0.2, 0) is 16.3 Å². The molecule has 2 rings (SSSR count). The van der Waals surface area contributed by atoms with Crippen LogP contribution in [0.3, 0.4) is 0 Å². The van der Waals surface area contributed by atoms with Crippen molar-refractivity contribution in [2.75, 3.05) is 11.5 Å². The van der Waals surface area contributed by atoms with Gasteiger partial charge >= 0.3 is 6.18 Å². The molecule has 0 unspecified atom stereocenters. The van der Waals surface area contributed by atoms with E-state index in [2.05, 4.69) is 0 Å². The summed E-state index contributed by atoms with van der Waals surface area (Å²) in [4.78, 5) is -0.440. The first-order valence-electron chi connectivity index (χ1n) is 6.50. The number of hydrogen-bond acceptors (Lipinski definition) is 4. The highest BCUT2D eigenvalue weighted by atomic mass is 32.2. The highest BCUT2D eigenvalue weighted by Gasteiger charge is 2.32. The number of nitrogens with two attached hydrogens (primary N) is 2. The van der Waals surface area contributed by atoms with Crippen molar-refractivity contribution in [3.05, 3.63) is 53.1 Å². The lowest BCUT2D eigenvalue weighted by atomic mass is 10.1. The van der Waals surface area contributed by atoms with Crippen molar-refractivity contribution in [1.29, 1.82) is 0 Å². The minimum atomic E-state index is -4.60. The van der Waals surface area contributed by atoms with Gasteiger partial charge in [-0.15, -0.1) is 0 Å². The standard InChI is InChI=1S/C15H13F3N2O3S/c16-15(17,18)12-7-9(2-6-13(12)20)1-3-10-4-5-11(19)8-14(10)24(21,22)23/h1-8H,19-20H2,(H,21,22,23). The molecule has 0 fully saturated rings. The quantitative estimate of drug-likeness (QED) is 0.443. The van der Waals surface area contributed by atoms with E-state index in [1.54, 1.807) is 0 Å². The average molecular weight is 358 g/mol. The Bertz CT molecular complexity index is 907. The molecule has 24 heavy (non-hydrogen) atoms. The molecule has 2 aromatic carbocycles. The lowest BCUT2D eigenvalue weighted by Crippen LogP contribution is -2.08. The Balaban J connectivity index is 2.47. The fourth-order valence-corrected chi connectivity index (χ4v) is 2.74. The van der Waals surface area contributed by atoms with Crippen molar-refractivity contribution in [3.63, 3.8) is 0 Å². The summed E-state index contributed by atoms with van der Waals surface area (Å²) in [5.74, 6) is 0. The number of halogens is 3. The van der Waals surface area contributed by atoms with Crippen LogP contribution in [0.1, 0.15) is 16.7 Å². The Kier molecular flexibility index (Phi) is 4.59. The molecule has 0 bridgehead atoms. The van der Waals surface area contributed by atoms with Crippen LogP contribution in [0.4, 0.5) is 24.5 Å². The third kappa shape index (κ3) is 4.06. The van der Waals surface area contributed by atoms with Gasteiger partial charge in [-0.2, -0.15) is 21.6 Å². The Morgan fingerprint density at radius 1 is 1.00 bits per heavy atom. The highest BCUT2D eigenvalue weighted by Crippen LogP contribution is 2.34. The second-order valence-corrected chi connectivity index (χ2v) is 6.34. The minimum absolute atomic E-state index is 0.0806. The molecule has 0 aromatic heterocycles. The molecule has 0 spiro atoms. The van der Waals surface area contributed by atoms with Crippen LogP contribution in [0.25, 0.3) is 12.2 Å². The SMILES string of the molecule is Nc1ccc(C=Cc2ccc(N)c(C(F)(F)F)c2)c(S(=O)(=O)O)c1. The van der Waals surface area contributed by atoms with E-state index in [1.807, 2.05) is 0 Å². The minimum Gasteiger partial charge on any atom is -0.399 e. The lowest BCUT2D eigenvalue weighted by Gasteiger charge is -2.10. The summed E-state index contributed by atoms with van der Waals surface area (Å²) in [6.07, 6.45) is -2.07. The van der Waals surface area contributed by atoms with E-state index in [0.717, 1.165) is 18.2 Å². The van der Waals surface area contributed by atoms with Gasteiger partial charge in [0.05, 0.1) is 5.56 Å². The van der Waals surface area contributed by atoms with Crippen LogP contribution in [0, 0.1) is 0 Å². The van der Waals surface area contributed by atoms with Crippen LogP contribution < -0.4 is 11.5 Å². The predicted octanol–water partition coefficient (Wildman–Crippen LogP) is 3.29. The molecular formula is C15H13F3N2O3S. The van der Waals surface area contributed by atoms with Crippen LogP contribution in [0.5, 0.6) is 0 Å². The van der Waals surface area contributed by atoms with Gasteiger partial charge in [-0.1, -0.05) is 24.3 Å². The number of anilines is 2. The zero-order valence-corrected chi connectivity index (χ0v) is 12.9. The summed E-state index contributed by atoms with van der Waals surface area (Å²) in [5.41, 5.74) is 9.75. The highest BCUT2D eigenvalue weighted by molar-refractivity contribution is 7.86. The molecule has 0 aliphatic rings. The summed E-state index contributed by atoms with van der Waals surface area (Å²) < 4.78 is 70.4. The first kappa shape index (κ1) is 17.8. The van der Waals surface area contributed by atoms with Crippen LogP contribution in [-0.4, -0.2) is 13.0 Å². The van der Waals surface area contributed by atoms with Gasteiger partial charge in [0.1, 0.15) is 4.90 Å². The van der Waals surface area contributed by atoms with Gasteiger partial charge in [-0.3, -0.25) is 4.55 Å². The molecule has 0 saturated carbocycles. The van der Waals surface area contributed by atoms with Crippen molar-refractivity contribution in [2.24, 2.45) is 0 Å². The molecule has 0 saturated heterocycles. The average Bonchev–Trinajstić information content (AvgIpc) is 2.45. The van der Waals surface area contributed by atoms with Gasteiger partial charge in [-0.05, 0) is 35.4 Å². The van der Waals surface area contributed by atoms with Gasteiger partial charge in [0.25, 0.3) is 10.1 Å². The van der Waals surface area contributed by atoms with Gasteiger partial charge in [0.15, 0.2) is 0 Å². The van der Waals surface area contributed by atoms with E-state index in [1.165, 1.54) is 30.4 Å². The Hall–Kier alpha value is -2.52. The number of hydrogen-bond donors (Lipinski definition) is 3. The normalized spacial score (nSPS) is 12.7. The van der Waals surface area contributed by atoms with E-state index in [9.17, 15) is 26.1 Å². The van der Waals surface area contributed by atoms with E-state index in [4.69, 9.17) is 11.5 Å². The largest absolute Gasteiger partial charge is 0.418 e. The summed E-state index contributed by atoms with van der Waals surface area (Å²) in [6.45, 7) is 0. The van der Waals surface area contributed by atoms with Gasteiger partial charge in [-0.25, -0.2) is 0 Å². The van der Waals surface area contributed by atoms with Crippen LogP contribution >= 0.6 is 0 Å². The van der Waals surface area contributed by atoms with E-state index >= 15 is 0 Å². The molecule has 0 atom stereocenters. The monoisotopic (exact) mass is 358 g/mol. The molecule has 2 aromatic rings. The lowest BCUT2D eigenvalue weighted by molar-refractivity contribution is -0.136. The van der Waals surface area contributed by atoms with Crippen LogP contribution in [0.15, 0.2) is 41.3 Å². The molecule has 0 aliphatic carbocycles. The van der Waals surface area contributed by atoms with Gasteiger partial charge in [0, 0.05) is 11.4 Å². The zero-order valence-electron chi connectivity index (χ0n) is 12.1. The molecule has 9 heteroatoms. The Morgan fingerprint density at radius 2 is 1.67 bits per heavy atom. The fraction of sp³-hybridized carbons (Fsp3) is 0.0667. The molecule has 0 amide bonds. The van der Waals surface area contributed by atoms with Crippen molar-refractivity contribution in [3.8, 4) is 0 Å². The van der Waals surface area contributed by atoms with Gasteiger partial charge in [0.2, 0.25) is 0 Å². The van der Waals surface area contributed by atoms with Crippen molar-refractivity contribution < 1.29 is 26.1 Å². The van der Waals surface area contributed by atoms with E-state index < -0.39 is 32.4 Å². The maximum Gasteiger partial charge on any atom is 0.418 e. The number of rotatable bonds is 3. The summed E-state index contributed by atoms with van der Waals surface area (Å²) in [7, 11) is -4.53. The Morgan fingerprint density at radius 3 is 2.25 bits per heavy atom. The van der Waals surface area contributed by atoms with Crippen LogP contribution in [0.2, 0.25) is 0 Å². The molecule has 0 radical (unpaired) electrons. The summed E-state index contributed by atoms with van der Waals surface area (Å²) in [6, 6.07) is 7.09. The third-order valence-electron chi connectivity index (χ3n) is 3.15. The smallest absolute Gasteiger partial charge is 0.399 e. The van der Waals surface area contributed by atoms with E-state index in [-0.39, 0.29) is 16.8 Å². The van der Waals surface area contributed by atoms with Gasteiger partial charge < -0.3 is 11.5 Å². The topological polar surface area (TPSA) is 106 Å². The molecule has 0 heterocycles. The maximum atomic E-state index is 12.8. The molecular weight excluding hydrogens is 345 g/mol. The van der Waals surface area contributed by atoms with Crippen molar-refractivity contribution in [2.45, 2.75) is 11.1 Å². The molecule has 5 nitrogen and oxygen atoms in total. The zero-order chi connectivity index (χ0) is 18.1. The third-order valence-corrected chi connectivity index (χ3v) is 4.06. The molecule has 128 valence electrons. The summed E-state index contributed by atoms with van der Waals surface area (Å²) in [5, 5.41) is 0. The molecule has 5 N–H and O–H groups in total. The first-order chi connectivity index (χ1) is 11.0. The second-order valence-electron chi connectivity index (χ2n) is 4.95. The maximum absolute atomic E-state index is 12.8. The van der Waals surface area contributed by atoms with E-state index in [0.29, 0.717) is 0 Å².